The number of rotatable bonds is 5. The number of carbonyl (C=O) groups excluding carboxylic acids is 2. The van der Waals surface area contributed by atoms with E-state index >= 15 is 0 Å². The molecule has 0 radical (unpaired) electrons. The highest BCUT2D eigenvalue weighted by molar-refractivity contribution is 6.30. The number of piperazine rings is 1. The zero-order valence-electron chi connectivity index (χ0n) is 16.7. The van der Waals surface area contributed by atoms with Crippen molar-refractivity contribution in [3.05, 3.63) is 64.7 Å². The number of hydrogen-bond donors (Lipinski definition) is 0. The summed E-state index contributed by atoms with van der Waals surface area (Å²) >= 11 is 6.01. The smallest absolute Gasteiger partial charge is 0.230 e. The molecule has 1 aliphatic rings. The first-order valence-electron chi connectivity index (χ1n) is 9.77. The number of hydrogen-bond acceptors (Lipinski definition) is 3. The zero-order valence-corrected chi connectivity index (χ0v) is 17.4. The number of amides is 1. The van der Waals surface area contributed by atoms with Crippen LogP contribution in [0.25, 0.3) is 0 Å². The van der Waals surface area contributed by atoms with E-state index in [1.807, 2.05) is 53.4 Å². The van der Waals surface area contributed by atoms with Gasteiger partial charge in [0, 0.05) is 42.5 Å². The number of halogens is 1. The van der Waals surface area contributed by atoms with Crippen LogP contribution in [-0.2, 0) is 4.79 Å². The van der Waals surface area contributed by atoms with Gasteiger partial charge in [0.25, 0.3) is 0 Å². The minimum absolute atomic E-state index is 0.0730. The second-order valence-corrected chi connectivity index (χ2v) is 8.13. The van der Waals surface area contributed by atoms with Crippen molar-refractivity contribution in [2.45, 2.75) is 26.7 Å². The molecule has 1 aliphatic heterocycles. The largest absolute Gasteiger partial charge is 0.368 e. The van der Waals surface area contributed by atoms with Gasteiger partial charge in [-0.25, -0.2) is 0 Å². The fraction of sp³-hybridized carbons (Fsp3) is 0.391. The third-order valence-corrected chi connectivity index (χ3v) is 5.64. The molecular weight excluding hydrogens is 372 g/mol. The highest BCUT2D eigenvalue weighted by Gasteiger charge is 2.30. The van der Waals surface area contributed by atoms with Crippen molar-refractivity contribution in [3.63, 3.8) is 0 Å². The first kappa shape index (κ1) is 20.4. The Morgan fingerprint density at radius 1 is 0.893 bits per heavy atom. The van der Waals surface area contributed by atoms with Crippen LogP contribution in [-0.4, -0.2) is 42.8 Å². The summed E-state index contributed by atoms with van der Waals surface area (Å²) in [7, 11) is 0. The predicted octanol–water partition coefficient (Wildman–Crippen LogP) is 4.63. The summed E-state index contributed by atoms with van der Waals surface area (Å²) in [6.45, 7) is 8.72. The van der Waals surface area contributed by atoms with E-state index in [0.717, 1.165) is 29.9 Å². The Morgan fingerprint density at radius 3 is 1.96 bits per heavy atom. The van der Waals surface area contributed by atoms with Gasteiger partial charge in [-0.1, -0.05) is 37.6 Å². The van der Waals surface area contributed by atoms with E-state index in [-0.39, 0.29) is 23.5 Å². The molecule has 0 N–H and O–H groups in total. The highest BCUT2D eigenvalue weighted by Crippen LogP contribution is 2.29. The summed E-state index contributed by atoms with van der Waals surface area (Å²) in [5.74, 6) is 0.317. The van der Waals surface area contributed by atoms with Crippen LogP contribution in [0.15, 0.2) is 48.5 Å². The SMILES string of the molecule is CC(=O)c1ccc(N2CCN(C(=O)[C@H](c3ccc(Cl)cc3)C(C)C)CC2)cc1. The van der Waals surface area contributed by atoms with Gasteiger partial charge in [0.2, 0.25) is 5.91 Å². The van der Waals surface area contributed by atoms with Crippen molar-refractivity contribution in [1.29, 1.82) is 0 Å². The zero-order chi connectivity index (χ0) is 20.3. The Morgan fingerprint density at radius 2 is 1.46 bits per heavy atom. The van der Waals surface area contributed by atoms with Gasteiger partial charge < -0.3 is 9.80 Å². The van der Waals surface area contributed by atoms with E-state index in [0.29, 0.717) is 18.1 Å². The van der Waals surface area contributed by atoms with E-state index in [2.05, 4.69) is 18.7 Å². The van der Waals surface area contributed by atoms with Crippen LogP contribution < -0.4 is 4.90 Å². The molecule has 0 spiro atoms. The lowest BCUT2D eigenvalue weighted by Gasteiger charge is -2.38. The molecule has 3 rings (SSSR count). The molecular formula is C23H27ClN2O2. The molecule has 4 nitrogen and oxygen atoms in total. The molecule has 2 aromatic carbocycles. The quantitative estimate of drug-likeness (QED) is 0.689. The molecule has 1 saturated heterocycles. The van der Waals surface area contributed by atoms with Gasteiger partial charge in [-0.3, -0.25) is 9.59 Å². The number of nitrogens with zero attached hydrogens (tertiary/aromatic N) is 2. The summed E-state index contributed by atoms with van der Waals surface area (Å²) in [5.41, 5.74) is 2.84. The summed E-state index contributed by atoms with van der Waals surface area (Å²) in [5, 5.41) is 0.683. The molecule has 1 atom stereocenters. The van der Waals surface area contributed by atoms with Gasteiger partial charge in [-0.2, -0.15) is 0 Å². The maximum atomic E-state index is 13.2. The maximum absolute atomic E-state index is 13.2. The van der Waals surface area contributed by atoms with Crippen LogP contribution in [0.5, 0.6) is 0 Å². The average molecular weight is 399 g/mol. The molecule has 1 heterocycles. The first-order chi connectivity index (χ1) is 13.4. The molecule has 0 saturated carbocycles. The van der Waals surface area contributed by atoms with Crippen molar-refractivity contribution < 1.29 is 9.59 Å². The second-order valence-electron chi connectivity index (χ2n) is 7.69. The van der Waals surface area contributed by atoms with Gasteiger partial charge in [0.1, 0.15) is 0 Å². The average Bonchev–Trinajstić information content (AvgIpc) is 2.69. The van der Waals surface area contributed by atoms with Crippen LogP contribution in [0.1, 0.15) is 42.6 Å². The molecule has 5 heteroatoms. The molecule has 148 valence electrons. The third kappa shape index (κ3) is 4.56. The fourth-order valence-corrected chi connectivity index (χ4v) is 3.90. The Kier molecular flexibility index (Phi) is 6.40. The van der Waals surface area contributed by atoms with E-state index < -0.39 is 0 Å². The minimum atomic E-state index is -0.154. The first-order valence-corrected chi connectivity index (χ1v) is 10.1. The standard InChI is InChI=1S/C23H27ClN2O2/c1-16(2)22(19-4-8-20(24)9-5-19)23(28)26-14-12-25(13-15-26)21-10-6-18(7-11-21)17(3)27/h4-11,16,22H,12-15H2,1-3H3/t22-/m0/s1. The third-order valence-electron chi connectivity index (χ3n) is 5.39. The van der Waals surface area contributed by atoms with Crippen LogP contribution in [0, 0.1) is 5.92 Å². The van der Waals surface area contributed by atoms with E-state index in [9.17, 15) is 9.59 Å². The van der Waals surface area contributed by atoms with Gasteiger partial charge >= 0.3 is 0 Å². The number of carbonyl (C=O) groups is 2. The van der Waals surface area contributed by atoms with E-state index in [1.54, 1.807) is 6.92 Å². The van der Waals surface area contributed by atoms with Crippen molar-refractivity contribution in [1.82, 2.24) is 4.90 Å². The Hall–Kier alpha value is -2.33. The maximum Gasteiger partial charge on any atom is 0.230 e. The van der Waals surface area contributed by atoms with Crippen LogP contribution in [0.2, 0.25) is 5.02 Å². The molecule has 0 unspecified atom stereocenters. The second kappa shape index (κ2) is 8.78. The molecule has 28 heavy (non-hydrogen) atoms. The molecule has 2 aromatic rings. The van der Waals surface area contributed by atoms with Crippen molar-refractivity contribution >= 4 is 29.0 Å². The van der Waals surface area contributed by atoms with Gasteiger partial charge in [-0.15, -0.1) is 0 Å². The highest BCUT2D eigenvalue weighted by atomic mass is 35.5. The molecule has 0 aliphatic carbocycles. The van der Waals surface area contributed by atoms with Crippen molar-refractivity contribution in [2.24, 2.45) is 5.92 Å². The van der Waals surface area contributed by atoms with Crippen LogP contribution in [0.3, 0.4) is 0 Å². The van der Waals surface area contributed by atoms with E-state index in [4.69, 9.17) is 11.6 Å². The summed E-state index contributed by atoms with van der Waals surface area (Å²) in [6.07, 6.45) is 0. The van der Waals surface area contributed by atoms with Gasteiger partial charge in [-0.05, 0) is 54.8 Å². The van der Waals surface area contributed by atoms with Gasteiger partial charge in [0.05, 0.1) is 5.92 Å². The number of benzene rings is 2. The van der Waals surface area contributed by atoms with E-state index in [1.165, 1.54) is 0 Å². The Labute approximate surface area is 172 Å². The predicted molar refractivity (Wildman–Crippen MR) is 114 cm³/mol. The minimum Gasteiger partial charge on any atom is -0.368 e. The molecule has 1 fully saturated rings. The summed E-state index contributed by atoms with van der Waals surface area (Å²) in [6, 6.07) is 15.3. The van der Waals surface area contributed by atoms with Crippen molar-refractivity contribution in [2.75, 3.05) is 31.1 Å². The summed E-state index contributed by atoms with van der Waals surface area (Å²) in [4.78, 5) is 28.9. The molecule has 1 amide bonds. The molecule has 0 bridgehead atoms. The monoisotopic (exact) mass is 398 g/mol. The van der Waals surface area contributed by atoms with Crippen LogP contribution >= 0.6 is 11.6 Å². The number of Topliss-reactive ketones (excluding diaryl/α,β-unsaturated/α-hetero) is 1. The normalized spacial score (nSPS) is 15.6. The summed E-state index contributed by atoms with van der Waals surface area (Å²) < 4.78 is 0. The lowest BCUT2D eigenvalue weighted by molar-refractivity contribution is -0.134. The lowest BCUT2D eigenvalue weighted by Crippen LogP contribution is -2.50. The number of anilines is 1. The fourth-order valence-electron chi connectivity index (χ4n) is 3.77. The topological polar surface area (TPSA) is 40.6 Å². The Bertz CT molecular complexity index is 823. The van der Waals surface area contributed by atoms with Crippen LogP contribution in [0.4, 0.5) is 5.69 Å². The lowest BCUT2D eigenvalue weighted by atomic mass is 9.87. The number of ketones is 1. The van der Waals surface area contributed by atoms with Gasteiger partial charge in [0.15, 0.2) is 5.78 Å². The Balaban J connectivity index is 1.66. The van der Waals surface area contributed by atoms with Crippen molar-refractivity contribution in [3.8, 4) is 0 Å². The molecule has 0 aromatic heterocycles.